The van der Waals surface area contributed by atoms with Crippen molar-refractivity contribution in [3.8, 4) is 5.88 Å². The minimum absolute atomic E-state index is 0.00181. The third-order valence-electron chi connectivity index (χ3n) is 4.30. The average molecular weight is 315 g/mol. The topological polar surface area (TPSA) is 61.0 Å². The molecule has 0 amide bonds. The Morgan fingerprint density at radius 3 is 2.35 bits per heavy atom. The van der Waals surface area contributed by atoms with Crippen molar-refractivity contribution in [1.29, 1.82) is 0 Å². The fraction of sp³-hybridized carbons (Fsp3) is 0.579. The van der Waals surface area contributed by atoms with Crippen molar-refractivity contribution in [2.24, 2.45) is 5.73 Å². The Kier molecular flexibility index (Phi) is 4.95. The number of ether oxygens (including phenoxy) is 1. The third kappa shape index (κ3) is 3.63. The molecule has 0 aliphatic heterocycles. The maximum Gasteiger partial charge on any atom is 0.236 e. The number of nitrogens with two attached hydrogens (primary N) is 1. The Morgan fingerprint density at radius 1 is 1.09 bits per heavy atom. The molecule has 0 spiro atoms. The van der Waals surface area contributed by atoms with Crippen LogP contribution in [0.4, 0.5) is 0 Å². The Morgan fingerprint density at radius 2 is 1.78 bits per heavy atom. The molecule has 2 rings (SSSR count). The molecule has 1 aromatic heterocycles. The number of nitrogens with zero attached hydrogens (tertiary/aromatic N) is 2. The largest absolute Gasteiger partial charge is 0.480 e. The number of para-hydroxylation sites is 1. The van der Waals surface area contributed by atoms with Gasteiger partial charge in [-0.05, 0) is 36.4 Å². The predicted octanol–water partition coefficient (Wildman–Crippen LogP) is 3.95. The lowest BCUT2D eigenvalue weighted by Gasteiger charge is -2.27. The summed E-state index contributed by atoms with van der Waals surface area (Å²) >= 11 is 0. The SMILES string of the molecule is COc1nc2c(C(C)(C)CCCN)cccc2nc1C(C)(C)C. The van der Waals surface area contributed by atoms with E-state index in [-0.39, 0.29) is 10.8 Å². The summed E-state index contributed by atoms with van der Waals surface area (Å²) in [6.45, 7) is 11.6. The van der Waals surface area contributed by atoms with Crippen molar-refractivity contribution in [2.45, 2.75) is 58.3 Å². The molecule has 0 saturated heterocycles. The second kappa shape index (κ2) is 6.44. The molecule has 4 heteroatoms. The van der Waals surface area contributed by atoms with Crippen LogP contribution in [0.2, 0.25) is 0 Å². The molecule has 0 aliphatic carbocycles. The van der Waals surface area contributed by atoms with E-state index >= 15 is 0 Å². The van der Waals surface area contributed by atoms with Gasteiger partial charge in [0, 0.05) is 5.41 Å². The molecule has 4 nitrogen and oxygen atoms in total. The first-order valence-electron chi connectivity index (χ1n) is 8.26. The van der Waals surface area contributed by atoms with E-state index in [1.165, 1.54) is 5.56 Å². The van der Waals surface area contributed by atoms with Gasteiger partial charge in [0.15, 0.2) is 0 Å². The summed E-state index contributed by atoms with van der Waals surface area (Å²) in [5.41, 5.74) is 9.53. The molecule has 0 saturated carbocycles. The number of benzene rings is 1. The molecule has 23 heavy (non-hydrogen) atoms. The van der Waals surface area contributed by atoms with Crippen molar-refractivity contribution >= 4 is 11.0 Å². The standard InChI is InChI=1S/C19H29N3O/c1-18(2,3)16-17(23-6)22-15-13(9-7-10-14(15)21-16)19(4,5)11-8-12-20/h7,9-10H,8,11-12,20H2,1-6H3. The van der Waals surface area contributed by atoms with Crippen LogP contribution in [0.3, 0.4) is 0 Å². The van der Waals surface area contributed by atoms with Crippen LogP contribution in [-0.2, 0) is 10.8 Å². The minimum atomic E-state index is -0.113. The molecule has 0 radical (unpaired) electrons. The van der Waals surface area contributed by atoms with Gasteiger partial charge in [0.05, 0.1) is 18.1 Å². The fourth-order valence-electron chi connectivity index (χ4n) is 2.92. The summed E-state index contributed by atoms with van der Waals surface area (Å²) in [6.07, 6.45) is 2.02. The first-order valence-corrected chi connectivity index (χ1v) is 8.26. The highest BCUT2D eigenvalue weighted by atomic mass is 16.5. The van der Waals surface area contributed by atoms with Gasteiger partial charge in [-0.15, -0.1) is 0 Å². The molecule has 0 aliphatic rings. The van der Waals surface area contributed by atoms with Crippen LogP contribution in [0.5, 0.6) is 5.88 Å². The highest BCUT2D eigenvalue weighted by Gasteiger charge is 2.27. The zero-order chi connectivity index (χ0) is 17.3. The molecule has 0 fully saturated rings. The van der Waals surface area contributed by atoms with E-state index in [9.17, 15) is 0 Å². The molecule has 1 heterocycles. The second-order valence-electron chi connectivity index (χ2n) is 7.78. The molecule has 0 atom stereocenters. The maximum absolute atomic E-state index is 5.69. The van der Waals surface area contributed by atoms with Crippen LogP contribution in [0.25, 0.3) is 11.0 Å². The first-order chi connectivity index (χ1) is 10.7. The summed E-state index contributed by atoms with van der Waals surface area (Å²) < 4.78 is 5.54. The van der Waals surface area contributed by atoms with Crippen molar-refractivity contribution in [2.75, 3.05) is 13.7 Å². The van der Waals surface area contributed by atoms with E-state index in [4.69, 9.17) is 20.4 Å². The van der Waals surface area contributed by atoms with Gasteiger partial charge in [-0.2, -0.15) is 0 Å². The molecule has 2 aromatic rings. The number of hydrogen-bond acceptors (Lipinski definition) is 4. The Balaban J connectivity index is 2.66. The lowest BCUT2D eigenvalue weighted by Crippen LogP contribution is -2.21. The Hall–Kier alpha value is -1.68. The van der Waals surface area contributed by atoms with Crippen molar-refractivity contribution < 1.29 is 4.74 Å². The minimum Gasteiger partial charge on any atom is -0.480 e. The van der Waals surface area contributed by atoms with E-state index < -0.39 is 0 Å². The van der Waals surface area contributed by atoms with Gasteiger partial charge in [-0.3, -0.25) is 0 Å². The highest BCUT2D eigenvalue weighted by Crippen LogP contribution is 2.36. The first kappa shape index (κ1) is 17.7. The smallest absolute Gasteiger partial charge is 0.236 e. The van der Waals surface area contributed by atoms with Crippen molar-refractivity contribution in [1.82, 2.24) is 9.97 Å². The van der Waals surface area contributed by atoms with Gasteiger partial charge in [0.25, 0.3) is 0 Å². The van der Waals surface area contributed by atoms with E-state index in [2.05, 4.69) is 46.8 Å². The Bertz CT molecular complexity index is 687. The lowest BCUT2D eigenvalue weighted by molar-refractivity contribution is 0.377. The van der Waals surface area contributed by atoms with Crippen molar-refractivity contribution in [3.05, 3.63) is 29.5 Å². The summed E-state index contributed by atoms with van der Waals surface area (Å²) in [6, 6.07) is 6.23. The van der Waals surface area contributed by atoms with E-state index in [0.29, 0.717) is 12.4 Å². The van der Waals surface area contributed by atoms with Crippen LogP contribution >= 0.6 is 0 Å². The number of hydrogen-bond donors (Lipinski definition) is 1. The van der Waals surface area contributed by atoms with Gasteiger partial charge in [-0.1, -0.05) is 46.8 Å². The normalized spacial score (nSPS) is 12.7. The number of methoxy groups -OCH3 is 1. The van der Waals surface area contributed by atoms with Gasteiger partial charge in [0.2, 0.25) is 5.88 Å². The Labute approximate surface area is 139 Å². The molecule has 0 unspecified atom stereocenters. The molecule has 1 aromatic carbocycles. The van der Waals surface area contributed by atoms with Crippen LogP contribution in [0, 0.1) is 0 Å². The van der Waals surface area contributed by atoms with Crippen molar-refractivity contribution in [3.63, 3.8) is 0 Å². The van der Waals surface area contributed by atoms with Crippen LogP contribution in [-0.4, -0.2) is 23.6 Å². The predicted molar refractivity (Wildman–Crippen MR) is 96.1 cm³/mol. The molecule has 0 bridgehead atoms. The van der Waals surface area contributed by atoms with Gasteiger partial charge < -0.3 is 10.5 Å². The summed E-state index contributed by atoms with van der Waals surface area (Å²) in [7, 11) is 1.66. The summed E-state index contributed by atoms with van der Waals surface area (Å²) in [5.74, 6) is 0.618. The fourth-order valence-corrected chi connectivity index (χ4v) is 2.92. The van der Waals surface area contributed by atoms with Gasteiger partial charge in [0.1, 0.15) is 5.69 Å². The summed E-state index contributed by atoms with van der Waals surface area (Å²) in [4.78, 5) is 9.68. The van der Waals surface area contributed by atoms with Crippen LogP contribution in [0.15, 0.2) is 18.2 Å². The molecular formula is C19H29N3O. The number of aromatic nitrogens is 2. The van der Waals surface area contributed by atoms with Crippen LogP contribution in [0.1, 0.15) is 58.7 Å². The molecule has 2 N–H and O–H groups in total. The van der Waals surface area contributed by atoms with E-state index in [1.807, 2.05) is 6.07 Å². The van der Waals surface area contributed by atoms with E-state index in [1.54, 1.807) is 7.11 Å². The third-order valence-corrected chi connectivity index (χ3v) is 4.30. The van der Waals surface area contributed by atoms with E-state index in [0.717, 1.165) is 29.6 Å². The zero-order valence-corrected chi connectivity index (χ0v) is 15.2. The van der Waals surface area contributed by atoms with Gasteiger partial charge in [-0.25, -0.2) is 9.97 Å². The maximum atomic E-state index is 5.69. The highest BCUT2D eigenvalue weighted by molar-refractivity contribution is 5.80. The summed E-state index contributed by atoms with van der Waals surface area (Å²) in [5, 5.41) is 0. The molecular weight excluding hydrogens is 286 g/mol. The number of rotatable bonds is 5. The number of fused-ring (bicyclic) bond motifs is 1. The zero-order valence-electron chi connectivity index (χ0n) is 15.2. The lowest BCUT2D eigenvalue weighted by atomic mass is 9.79. The average Bonchev–Trinajstić information content (AvgIpc) is 2.50. The van der Waals surface area contributed by atoms with Gasteiger partial charge >= 0.3 is 0 Å². The van der Waals surface area contributed by atoms with Crippen LogP contribution < -0.4 is 10.5 Å². The quantitative estimate of drug-likeness (QED) is 0.907. The monoisotopic (exact) mass is 315 g/mol. The second-order valence-corrected chi connectivity index (χ2v) is 7.78. The molecule has 126 valence electrons.